The predicted molar refractivity (Wildman–Crippen MR) is 90.3 cm³/mol. The third-order valence-electron chi connectivity index (χ3n) is 3.19. The van der Waals surface area contributed by atoms with Crippen molar-refractivity contribution in [3.63, 3.8) is 0 Å². The number of hydrogen-bond acceptors (Lipinski definition) is 3. The Labute approximate surface area is 131 Å². The number of likely N-dealkylation sites (N-methyl/N-ethyl adjacent to an activating group) is 1. The maximum Gasteiger partial charge on any atom is 0.338 e. The van der Waals surface area contributed by atoms with Crippen LogP contribution < -0.4 is 0 Å². The van der Waals surface area contributed by atoms with Gasteiger partial charge in [-0.3, -0.25) is 0 Å². The molecule has 0 bridgehead atoms. The first-order valence-electron chi connectivity index (χ1n) is 7.31. The van der Waals surface area contributed by atoms with E-state index >= 15 is 0 Å². The van der Waals surface area contributed by atoms with E-state index in [0.717, 1.165) is 11.1 Å². The first-order valence-corrected chi connectivity index (χ1v) is 7.31. The quantitative estimate of drug-likeness (QED) is 0.465. The van der Waals surface area contributed by atoms with Crippen molar-refractivity contribution >= 4 is 17.6 Å². The Morgan fingerprint density at radius 2 is 1.59 bits per heavy atom. The molecule has 2 aromatic carbocycles. The Morgan fingerprint density at radius 1 is 1.00 bits per heavy atom. The Hall–Kier alpha value is -2.39. The van der Waals surface area contributed by atoms with Gasteiger partial charge in [0.2, 0.25) is 0 Å². The van der Waals surface area contributed by atoms with Gasteiger partial charge in [0.1, 0.15) is 6.61 Å². The van der Waals surface area contributed by atoms with Gasteiger partial charge < -0.3 is 9.64 Å². The van der Waals surface area contributed by atoms with E-state index in [-0.39, 0.29) is 5.97 Å². The molecule has 0 heterocycles. The molecule has 3 heteroatoms. The lowest BCUT2D eigenvalue weighted by Gasteiger charge is -2.12. The van der Waals surface area contributed by atoms with E-state index in [0.29, 0.717) is 18.7 Å². The molecule has 0 aromatic heterocycles. The number of ether oxygens (including phenoxy) is 1. The molecule has 0 saturated carbocycles. The van der Waals surface area contributed by atoms with Crippen molar-refractivity contribution in [2.24, 2.45) is 0 Å². The first kappa shape index (κ1) is 16.0. The lowest BCUT2D eigenvalue weighted by atomic mass is 10.0. The number of rotatable bonds is 6. The summed E-state index contributed by atoms with van der Waals surface area (Å²) in [4.78, 5) is 14.4. The first-order chi connectivity index (χ1) is 10.7. The average Bonchev–Trinajstić information content (AvgIpc) is 2.54. The van der Waals surface area contributed by atoms with E-state index in [9.17, 15) is 4.79 Å². The summed E-state index contributed by atoms with van der Waals surface area (Å²) < 4.78 is 5.39. The van der Waals surface area contributed by atoms with Gasteiger partial charge in [-0.2, -0.15) is 0 Å². The van der Waals surface area contributed by atoms with Crippen LogP contribution in [0, 0.1) is 0 Å². The molecule has 0 fully saturated rings. The topological polar surface area (TPSA) is 29.5 Å². The number of nitrogens with zero attached hydrogens (tertiary/aromatic N) is 1. The third kappa shape index (κ3) is 4.86. The van der Waals surface area contributed by atoms with Gasteiger partial charge in [0, 0.05) is 6.54 Å². The predicted octanol–water partition coefficient (Wildman–Crippen LogP) is 3.33. The monoisotopic (exact) mass is 295 g/mol. The molecule has 0 amide bonds. The van der Waals surface area contributed by atoms with Gasteiger partial charge in [0.25, 0.3) is 0 Å². The number of hydrogen-bond donors (Lipinski definition) is 0. The van der Waals surface area contributed by atoms with Gasteiger partial charge in [0.15, 0.2) is 0 Å². The summed E-state index contributed by atoms with van der Waals surface area (Å²) in [6, 6.07) is 19.4. The second-order valence-corrected chi connectivity index (χ2v) is 5.27. The number of benzene rings is 2. The molecule has 0 saturated heterocycles. The van der Waals surface area contributed by atoms with E-state index in [1.165, 1.54) is 0 Å². The lowest BCUT2D eigenvalue weighted by molar-refractivity contribution is -0.136. The van der Waals surface area contributed by atoms with Crippen molar-refractivity contribution in [3.05, 3.63) is 71.8 Å². The largest absolute Gasteiger partial charge is 0.461 e. The van der Waals surface area contributed by atoms with Crippen LogP contribution in [-0.2, 0) is 9.53 Å². The maximum absolute atomic E-state index is 12.4. The van der Waals surface area contributed by atoms with Gasteiger partial charge in [0.05, 0.1) is 5.57 Å². The van der Waals surface area contributed by atoms with Crippen LogP contribution in [0.25, 0.3) is 11.6 Å². The SMILES string of the molecule is CN(C)CCOC(=O)/C(=C\c1ccccc1)c1ccccc1. The van der Waals surface area contributed by atoms with E-state index < -0.39 is 0 Å². The zero-order valence-electron chi connectivity index (χ0n) is 13.0. The van der Waals surface area contributed by atoms with Crippen LogP contribution in [0.4, 0.5) is 0 Å². The van der Waals surface area contributed by atoms with Crippen molar-refractivity contribution in [1.29, 1.82) is 0 Å². The van der Waals surface area contributed by atoms with Gasteiger partial charge in [-0.1, -0.05) is 60.7 Å². The average molecular weight is 295 g/mol. The summed E-state index contributed by atoms with van der Waals surface area (Å²) in [7, 11) is 3.90. The van der Waals surface area contributed by atoms with Crippen molar-refractivity contribution in [2.45, 2.75) is 0 Å². The van der Waals surface area contributed by atoms with E-state index in [4.69, 9.17) is 4.74 Å². The molecular weight excluding hydrogens is 274 g/mol. The molecule has 3 nitrogen and oxygen atoms in total. The molecule has 0 aliphatic rings. The summed E-state index contributed by atoms with van der Waals surface area (Å²) >= 11 is 0. The number of carbonyl (C=O) groups is 1. The van der Waals surface area contributed by atoms with E-state index in [2.05, 4.69) is 0 Å². The normalized spacial score (nSPS) is 11.5. The summed E-state index contributed by atoms with van der Waals surface area (Å²) in [6.45, 7) is 1.09. The van der Waals surface area contributed by atoms with Crippen molar-refractivity contribution in [3.8, 4) is 0 Å². The zero-order valence-corrected chi connectivity index (χ0v) is 13.0. The highest BCUT2D eigenvalue weighted by Gasteiger charge is 2.13. The van der Waals surface area contributed by atoms with E-state index in [1.807, 2.05) is 85.7 Å². The van der Waals surface area contributed by atoms with Crippen LogP contribution in [0.1, 0.15) is 11.1 Å². The van der Waals surface area contributed by atoms with Crippen LogP contribution in [0.15, 0.2) is 60.7 Å². The molecule has 0 radical (unpaired) electrons. The molecular formula is C19H21NO2. The van der Waals surface area contributed by atoms with Crippen molar-refractivity contribution < 1.29 is 9.53 Å². The third-order valence-corrected chi connectivity index (χ3v) is 3.19. The van der Waals surface area contributed by atoms with Gasteiger partial charge in [-0.15, -0.1) is 0 Å². The zero-order chi connectivity index (χ0) is 15.8. The second-order valence-electron chi connectivity index (χ2n) is 5.27. The van der Waals surface area contributed by atoms with Crippen LogP contribution in [0.2, 0.25) is 0 Å². The molecule has 0 unspecified atom stereocenters. The van der Waals surface area contributed by atoms with Crippen molar-refractivity contribution in [1.82, 2.24) is 4.90 Å². The molecule has 114 valence electrons. The summed E-state index contributed by atoms with van der Waals surface area (Å²) in [5, 5.41) is 0. The maximum atomic E-state index is 12.4. The minimum Gasteiger partial charge on any atom is -0.461 e. The van der Waals surface area contributed by atoms with Gasteiger partial charge in [-0.05, 0) is 31.3 Å². The summed E-state index contributed by atoms with van der Waals surface area (Å²) in [6.07, 6.45) is 1.87. The van der Waals surface area contributed by atoms with Crippen LogP contribution in [0.3, 0.4) is 0 Å². The highest BCUT2D eigenvalue weighted by molar-refractivity contribution is 6.21. The van der Waals surface area contributed by atoms with Crippen LogP contribution in [0.5, 0.6) is 0 Å². The van der Waals surface area contributed by atoms with Gasteiger partial charge in [-0.25, -0.2) is 4.79 Å². The molecule has 0 aliphatic carbocycles. The fourth-order valence-electron chi connectivity index (χ4n) is 1.99. The summed E-state index contributed by atoms with van der Waals surface area (Å²) in [5.74, 6) is -0.295. The highest BCUT2D eigenvalue weighted by atomic mass is 16.5. The molecule has 22 heavy (non-hydrogen) atoms. The molecule has 0 N–H and O–H groups in total. The fourth-order valence-corrected chi connectivity index (χ4v) is 1.99. The Bertz CT molecular complexity index is 618. The minimum atomic E-state index is -0.295. The second kappa shape index (κ2) is 8.15. The van der Waals surface area contributed by atoms with Crippen LogP contribution >= 0.6 is 0 Å². The highest BCUT2D eigenvalue weighted by Crippen LogP contribution is 2.19. The Balaban J connectivity index is 2.23. The molecule has 0 atom stereocenters. The lowest BCUT2D eigenvalue weighted by Crippen LogP contribution is -2.20. The number of carbonyl (C=O) groups excluding carboxylic acids is 1. The van der Waals surface area contributed by atoms with Crippen molar-refractivity contribution in [2.75, 3.05) is 27.2 Å². The molecule has 2 aromatic rings. The van der Waals surface area contributed by atoms with Crippen LogP contribution in [-0.4, -0.2) is 38.1 Å². The molecule has 0 spiro atoms. The Morgan fingerprint density at radius 3 is 2.18 bits per heavy atom. The van der Waals surface area contributed by atoms with Gasteiger partial charge >= 0.3 is 5.97 Å². The smallest absolute Gasteiger partial charge is 0.338 e. The fraction of sp³-hybridized carbons (Fsp3) is 0.211. The standard InChI is InChI=1S/C19H21NO2/c1-20(2)13-14-22-19(21)18(17-11-7-4-8-12-17)15-16-9-5-3-6-10-16/h3-12,15H,13-14H2,1-2H3/b18-15-. The number of esters is 1. The molecule has 0 aliphatic heterocycles. The summed E-state index contributed by atoms with van der Waals surface area (Å²) in [5.41, 5.74) is 2.41. The van der Waals surface area contributed by atoms with E-state index in [1.54, 1.807) is 0 Å². The minimum absolute atomic E-state index is 0.295. The molecule has 2 rings (SSSR count). The Kier molecular flexibility index (Phi) is 5.92.